The summed E-state index contributed by atoms with van der Waals surface area (Å²) in [6.07, 6.45) is 6.49. The Kier molecular flexibility index (Phi) is 7.40. The number of aromatic nitrogens is 2. The van der Waals surface area contributed by atoms with Crippen molar-refractivity contribution in [3.8, 4) is 0 Å². The molecule has 4 heteroatoms. The molecule has 1 aromatic rings. The number of nitrogens with zero attached hydrogens (tertiary/aromatic N) is 2. The van der Waals surface area contributed by atoms with Crippen LogP contribution in [0.2, 0.25) is 0 Å². The maximum atomic E-state index is 6.09. The zero-order chi connectivity index (χ0) is 15.9. The minimum absolute atomic E-state index is 0.0777. The van der Waals surface area contributed by atoms with Crippen molar-refractivity contribution in [2.75, 3.05) is 13.2 Å². The minimum atomic E-state index is 0.0777. The monoisotopic (exact) mass is 295 g/mol. The van der Waals surface area contributed by atoms with Crippen LogP contribution in [0.1, 0.15) is 66.0 Å². The van der Waals surface area contributed by atoms with Crippen LogP contribution in [0.25, 0.3) is 0 Å². The number of ether oxygens (including phenoxy) is 1. The van der Waals surface area contributed by atoms with Crippen molar-refractivity contribution in [1.82, 2.24) is 15.1 Å². The van der Waals surface area contributed by atoms with E-state index in [1.807, 2.05) is 10.9 Å². The average Bonchev–Trinajstić information content (AvgIpc) is 2.86. The highest BCUT2D eigenvalue weighted by molar-refractivity contribution is 5.14. The van der Waals surface area contributed by atoms with E-state index in [0.29, 0.717) is 0 Å². The first-order valence-corrected chi connectivity index (χ1v) is 8.31. The van der Waals surface area contributed by atoms with Crippen LogP contribution in [0.3, 0.4) is 0 Å². The Hall–Kier alpha value is -0.870. The van der Waals surface area contributed by atoms with Gasteiger partial charge < -0.3 is 10.1 Å². The van der Waals surface area contributed by atoms with Crippen molar-refractivity contribution < 1.29 is 4.74 Å². The average molecular weight is 295 g/mol. The predicted octanol–water partition coefficient (Wildman–Crippen LogP) is 3.79. The fraction of sp³-hybridized carbons (Fsp3) is 0.824. The zero-order valence-electron chi connectivity index (χ0n) is 14.6. The SMILES string of the molecule is CCCNC(c1cnn(CCC)c1)C(OCC)C(C)(C)C. The molecule has 1 N–H and O–H groups in total. The summed E-state index contributed by atoms with van der Waals surface area (Å²) in [5.41, 5.74) is 1.30. The first-order valence-electron chi connectivity index (χ1n) is 8.31. The number of nitrogens with one attached hydrogen (secondary N) is 1. The minimum Gasteiger partial charge on any atom is -0.376 e. The van der Waals surface area contributed by atoms with Gasteiger partial charge in [0.15, 0.2) is 0 Å². The van der Waals surface area contributed by atoms with Crippen molar-refractivity contribution in [3.05, 3.63) is 18.0 Å². The highest BCUT2D eigenvalue weighted by Crippen LogP contribution is 2.32. The molecule has 1 rings (SSSR count). The van der Waals surface area contributed by atoms with Gasteiger partial charge in [-0.25, -0.2) is 0 Å². The summed E-state index contributed by atoms with van der Waals surface area (Å²) in [6, 6.07) is 0.190. The maximum absolute atomic E-state index is 6.09. The molecule has 0 aliphatic heterocycles. The first kappa shape index (κ1) is 18.2. The van der Waals surface area contributed by atoms with Crippen LogP contribution >= 0.6 is 0 Å². The van der Waals surface area contributed by atoms with E-state index in [9.17, 15) is 0 Å². The lowest BCUT2D eigenvalue weighted by Gasteiger charge is -2.37. The van der Waals surface area contributed by atoms with Gasteiger partial charge in [-0.05, 0) is 31.7 Å². The van der Waals surface area contributed by atoms with E-state index < -0.39 is 0 Å². The van der Waals surface area contributed by atoms with Gasteiger partial charge in [0.2, 0.25) is 0 Å². The van der Waals surface area contributed by atoms with Gasteiger partial charge in [0, 0.05) is 24.9 Å². The lowest BCUT2D eigenvalue weighted by atomic mass is 9.82. The van der Waals surface area contributed by atoms with Crippen molar-refractivity contribution in [2.45, 2.75) is 73.1 Å². The summed E-state index contributed by atoms with van der Waals surface area (Å²) in [7, 11) is 0. The molecule has 0 spiro atoms. The molecule has 21 heavy (non-hydrogen) atoms. The Morgan fingerprint density at radius 1 is 1.24 bits per heavy atom. The smallest absolute Gasteiger partial charge is 0.0818 e. The summed E-state index contributed by atoms with van der Waals surface area (Å²) in [6.45, 7) is 15.8. The second-order valence-electron chi connectivity index (χ2n) is 6.71. The molecule has 0 saturated carbocycles. The Morgan fingerprint density at radius 3 is 2.48 bits per heavy atom. The fourth-order valence-corrected chi connectivity index (χ4v) is 2.62. The van der Waals surface area contributed by atoms with Crippen molar-refractivity contribution in [1.29, 1.82) is 0 Å². The number of hydrogen-bond acceptors (Lipinski definition) is 3. The van der Waals surface area contributed by atoms with E-state index in [1.165, 1.54) is 5.56 Å². The zero-order valence-corrected chi connectivity index (χ0v) is 14.6. The van der Waals surface area contributed by atoms with Gasteiger partial charge in [0.05, 0.1) is 18.3 Å². The lowest BCUT2D eigenvalue weighted by Crippen LogP contribution is -2.42. The van der Waals surface area contributed by atoms with E-state index in [0.717, 1.165) is 32.5 Å². The normalized spacial score (nSPS) is 15.1. The summed E-state index contributed by atoms with van der Waals surface area (Å²) in [5, 5.41) is 8.13. The molecule has 0 bridgehead atoms. The third-order valence-corrected chi connectivity index (χ3v) is 3.58. The molecule has 4 nitrogen and oxygen atoms in total. The molecule has 0 amide bonds. The summed E-state index contributed by atoms with van der Waals surface area (Å²) < 4.78 is 8.12. The number of hydrogen-bond donors (Lipinski definition) is 1. The molecule has 0 aliphatic carbocycles. The molecule has 1 heterocycles. The number of rotatable bonds is 9. The largest absolute Gasteiger partial charge is 0.376 e. The van der Waals surface area contributed by atoms with Crippen molar-refractivity contribution in [3.63, 3.8) is 0 Å². The Bertz CT molecular complexity index is 395. The van der Waals surface area contributed by atoms with Crippen LogP contribution in [0.5, 0.6) is 0 Å². The van der Waals surface area contributed by atoms with Crippen molar-refractivity contribution >= 4 is 0 Å². The van der Waals surface area contributed by atoms with E-state index in [4.69, 9.17) is 4.74 Å². The topological polar surface area (TPSA) is 39.1 Å². The molecule has 1 aromatic heterocycles. The van der Waals surface area contributed by atoms with Gasteiger partial charge in [-0.1, -0.05) is 34.6 Å². The van der Waals surface area contributed by atoms with Crippen LogP contribution in [0.15, 0.2) is 12.4 Å². The van der Waals surface area contributed by atoms with Crippen LogP contribution < -0.4 is 5.32 Å². The van der Waals surface area contributed by atoms with Gasteiger partial charge in [-0.3, -0.25) is 4.68 Å². The van der Waals surface area contributed by atoms with Crippen LogP contribution in [0.4, 0.5) is 0 Å². The molecular formula is C17H33N3O. The van der Waals surface area contributed by atoms with Gasteiger partial charge >= 0.3 is 0 Å². The molecule has 2 unspecified atom stereocenters. The first-order chi connectivity index (χ1) is 9.93. The van der Waals surface area contributed by atoms with Crippen molar-refractivity contribution in [2.24, 2.45) is 5.41 Å². The summed E-state index contributed by atoms with van der Waals surface area (Å²) in [5.74, 6) is 0. The van der Waals surface area contributed by atoms with Crippen LogP contribution in [0, 0.1) is 5.41 Å². The van der Waals surface area contributed by atoms with Gasteiger partial charge in [0.25, 0.3) is 0 Å². The Balaban J connectivity index is 3.00. The molecule has 2 atom stereocenters. The Morgan fingerprint density at radius 2 is 1.95 bits per heavy atom. The molecule has 0 radical (unpaired) electrons. The molecule has 122 valence electrons. The number of aryl methyl sites for hydroxylation is 1. The fourth-order valence-electron chi connectivity index (χ4n) is 2.62. The third-order valence-electron chi connectivity index (χ3n) is 3.58. The van der Waals surface area contributed by atoms with Gasteiger partial charge in [0.1, 0.15) is 0 Å². The van der Waals surface area contributed by atoms with E-state index in [2.05, 4.69) is 58.2 Å². The van der Waals surface area contributed by atoms with E-state index >= 15 is 0 Å². The molecule has 0 fully saturated rings. The second-order valence-corrected chi connectivity index (χ2v) is 6.71. The highest BCUT2D eigenvalue weighted by atomic mass is 16.5. The lowest BCUT2D eigenvalue weighted by molar-refractivity contribution is -0.0365. The van der Waals surface area contributed by atoms with E-state index in [-0.39, 0.29) is 17.6 Å². The predicted molar refractivity (Wildman–Crippen MR) is 88.4 cm³/mol. The van der Waals surface area contributed by atoms with Crippen LogP contribution in [-0.2, 0) is 11.3 Å². The van der Waals surface area contributed by atoms with E-state index in [1.54, 1.807) is 0 Å². The third kappa shape index (κ3) is 5.44. The Labute approximate surface area is 130 Å². The highest BCUT2D eigenvalue weighted by Gasteiger charge is 2.34. The quantitative estimate of drug-likeness (QED) is 0.753. The van der Waals surface area contributed by atoms with Crippen LogP contribution in [-0.4, -0.2) is 29.0 Å². The molecule has 0 aliphatic rings. The second kappa shape index (κ2) is 8.54. The summed E-state index contributed by atoms with van der Waals surface area (Å²) >= 11 is 0. The van der Waals surface area contributed by atoms with Gasteiger partial charge in [-0.2, -0.15) is 5.10 Å². The maximum Gasteiger partial charge on any atom is 0.0818 e. The van der Waals surface area contributed by atoms with Gasteiger partial charge in [-0.15, -0.1) is 0 Å². The summed E-state index contributed by atoms with van der Waals surface area (Å²) in [4.78, 5) is 0. The molecular weight excluding hydrogens is 262 g/mol. The molecule has 0 saturated heterocycles. The standard InChI is InChI=1S/C17H33N3O/c1-7-10-18-15(16(21-9-3)17(4,5)6)14-12-19-20(13-14)11-8-2/h12-13,15-16,18H,7-11H2,1-6H3. The molecule has 0 aromatic carbocycles.